The average molecular weight is 371 g/mol. The van der Waals surface area contributed by atoms with Crippen molar-refractivity contribution in [1.29, 1.82) is 0 Å². The Labute approximate surface area is 138 Å². The first-order valence-corrected chi connectivity index (χ1v) is 8.09. The molecule has 0 bridgehead atoms. The van der Waals surface area contributed by atoms with Crippen LogP contribution in [0.25, 0.3) is 0 Å². The topological polar surface area (TPSA) is 12.0 Å². The minimum absolute atomic E-state index is 0.176. The lowest BCUT2D eigenvalue weighted by Crippen LogP contribution is -2.23. The van der Waals surface area contributed by atoms with Crippen LogP contribution in [-0.4, -0.2) is 13.6 Å². The van der Waals surface area contributed by atoms with E-state index in [2.05, 4.69) is 27.3 Å². The minimum atomic E-state index is -0.349. The lowest BCUT2D eigenvalue weighted by atomic mass is 9.92. The molecule has 0 radical (unpaired) electrons. The van der Waals surface area contributed by atoms with Crippen LogP contribution >= 0.6 is 27.5 Å². The van der Waals surface area contributed by atoms with Crippen molar-refractivity contribution in [3.63, 3.8) is 0 Å². The van der Waals surface area contributed by atoms with E-state index in [9.17, 15) is 4.39 Å². The number of hydrogen-bond donors (Lipinski definition) is 1. The van der Waals surface area contributed by atoms with Crippen molar-refractivity contribution in [3.05, 3.63) is 68.9 Å². The standard InChI is InChI=1S/C17H18BrClFN/c1-21-11-13(9-14-4-2-3-5-15(14)18)8-12-6-7-16(19)17(20)10-12/h2-7,10,13,21H,8-9,11H2,1H3. The van der Waals surface area contributed by atoms with Crippen molar-refractivity contribution in [2.45, 2.75) is 12.8 Å². The van der Waals surface area contributed by atoms with Gasteiger partial charge in [0.1, 0.15) is 5.82 Å². The Morgan fingerprint density at radius 2 is 1.95 bits per heavy atom. The van der Waals surface area contributed by atoms with Gasteiger partial charge in [0.2, 0.25) is 0 Å². The lowest BCUT2D eigenvalue weighted by molar-refractivity contribution is 0.491. The fourth-order valence-corrected chi connectivity index (χ4v) is 3.04. The maximum Gasteiger partial charge on any atom is 0.142 e. The van der Waals surface area contributed by atoms with Gasteiger partial charge in [-0.25, -0.2) is 4.39 Å². The molecule has 0 saturated carbocycles. The number of hydrogen-bond acceptors (Lipinski definition) is 1. The summed E-state index contributed by atoms with van der Waals surface area (Å²) < 4.78 is 14.7. The molecule has 1 atom stereocenters. The molecule has 0 aromatic heterocycles. The van der Waals surface area contributed by atoms with Gasteiger partial charge in [0.05, 0.1) is 5.02 Å². The highest BCUT2D eigenvalue weighted by molar-refractivity contribution is 9.10. The molecule has 2 aromatic rings. The summed E-state index contributed by atoms with van der Waals surface area (Å²) in [5.74, 6) is 0.0486. The van der Waals surface area contributed by atoms with Crippen LogP contribution in [-0.2, 0) is 12.8 Å². The maximum absolute atomic E-state index is 13.6. The molecule has 112 valence electrons. The highest BCUT2D eigenvalue weighted by atomic mass is 79.9. The molecule has 0 fully saturated rings. The van der Waals surface area contributed by atoms with Crippen molar-refractivity contribution < 1.29 is 4.39 Å². The van der Waals surface area contributed by atoms with Crippen LogP contribution in [0.5, 0.6) is 0 Å². The Morgan fingerprint density at radius 3 is 2.62 bits per heavy atom. The van der Waals surface area contributed by atoms with E-state index < -0.39 is 0 Å². The second-order valence-corrected chi connectivity index (χ2v) is 6.43. The summed E-state index contributed by atoms with van der Waals surface area (Å²) >= 11 is 9.32. The van der Waals surface area contributed by atoms with Crippen LogP contribution < -0.4 is 5.32 Å². The predicted octanol–water partition coefficient (Wildman–Crippen LogP) is 4.86. The average Bonchev–Trinajstić information content (AvgIpc) is 2.46. The zero-order chi connectivity index (χ0) is 15.2. The molecule has 2 rings (SSSR count). The van der Waals surface area contributed by atoms with E-state index in [1.165, 1.54) is 11.6 Å². The second kappa shape index (κ2) is 7.92. The summed E-state index contributed by atoms with van der Waals surface area (Å²) in [6.45, 7) is 0.881. The molecule has 0 heterocycles. The smallest absolute Gasteiger partial charge is 0.142 e. The van der Waals surface area contributed by atoms with Gasteiger partial charge in [-0.3, -0.25) is 0 Å². The molecule has 0 aliphatic carbocycles. The van der Waals surface area contributed by atoms with E-state index in [1.807, 2.05) is 31.3 Å². The van der Waals surface area contributed by atoms with Crippen LogP contribution in [0.15, 0.2) is 46.9 Å². The number of benzene rings is 2. The highest BCUT2D eigenvalue weighted by Gasteiger charge is 2.13. The van der Waals surface area contributed by atoms with Gasteiger partial charge in [-0.2, -0.15) is 0 Å². The lowest BCUT2D eigenvalue weighted by Gasteiger charge is -2.18. The van der Waals surface area contributed by atoms with Crippen LogP contribution in [0.4, 0.5) is 4.39 Å². The van der Waals surface area contributed by atoms with Crippen LogP contribution in [0, 0.1) is 11.7 Å². The molecule has 1 unspecified atom stereocenters. The van der Waals surface area contributed by atoms with Crippen molar-refractivity contribution in [2.75, 3.05) is 13.6 Å². The van der Waals surface area contributed by atoms with E-state index in [0.717, 1.165) is 29.4 Å². The van der Waals surface area contributed by atoms with Crippen LogP contribution in [0.2, 0.25) is 5.02 Å². The third-order valence-corrected chi connectivity index (χ3v) is 4.55. The van der Waals surface area contributed by atoms with Gasteiger partial charge in [0.25, 0.3) is 0 Å². The number of halogens is 3. The Bertz CT molecular complexity index is 603. The SMILES string of the molecule is CNCC(Cc1ccc(Cl)c(F)c1)Cc1ccccc1Br. The van der Waals surface area contributed by atoms with Gasteiger partial charge in [-0.1, -0.05) is 51.8 Å². The summed E-state index contributed by atoms with van der Waals surface area (Å²) in [4.78, 5) is 0. The molecule has 0 aliphatic heterocycles. The Morgan fingerprint density at radius 1 is 1.19 bits per heavy atom. The van der Waals surface area contributed by atoms with Gasteiger partial charge < -0.3 is 5.32 Å². The van der Waals surface area contributed by atoms with E-state index in [4.69, 9.17) is 11.6 Å². The van der Waals surface area contributed by atoms with Gasteiger partial charge in [0, 0.05) is 4.47 Å². The summed E-state index contributed by atoms with van der Waals surface area (Å²) in [7, 11) is 1.94. The Hall–Kier alpha value is -0.900. The fourth-order valence-electron chi connectivity index (χ4n) is 2.48. The predicted molar refractivity (Wildman–Crippen MR) is 90.4 cm³/mol. The monoisotopic (exact) mass is 369 g/mol. The van der Waals surface area contributed by atoms with E-state index in [0.29, 0.717) is 5.92 Å². The maximum atomic E-state index is 13.6. The van der Waals surface area contributed by atoms with Crippen molar-refractivity contribution in [1.82, 2.24) is 5.32 Å². The summed E-state index contributed by atoms with van der Waals surface area (Å²) in [6, 6.07) is 13.3. The second-order valence-electron chi connectivity index (χ2n) is 5.17. The van der Waals surface area contributed by atoms with E-state index >= 15 is 0 Å². The summed E-state index contributed by atoms with van der Waals surface area (Å²) in [5.41, 5.74) is 2.25. The van der Waals surface area contributed by atoms with Crippen molar-refractivity contribution >= 4 is 27.5 Å². The summed E-state index contributed by atoms with van der Waals surface area (Å²) in [6.07, 6.45) is 1.75. The normalized spacial score (nSPS) is 12.4. The third kappa shape index (κ3) is 4.80. The first-order chi connectivity index (χ1) is 10.1. The first kappa shape index (κ1) is 16.5. The third-order valence-electron chi connectivity index (χ3n) is 3.47. The molecule has 0 spiro atoms. The molecule has 0 saturated heterocycles. The first-order valence-electron chi connectivity index (χ1n) is 6.92. The molecule has 1 N–H and O–H groups in total. The Balaban J connectivity index is 2.11. The van der Waals surface area contributed by atoms with Crippen LogP contribution in [0.1, 0.15) is 11.1 Å². The van der Waals surface area contributed by atoms with Gasteiger partial charge in [-0.05, 0) is 61.7 Å². The quantitative estimate of drug-likeness (QED) is 0.765. The molecule has 4 heteroatoms. The molecule has 21 heavy (non-hydrogen) atoms. The molecule has 2 aromatic carbocycles. The fraction of sp³-hybridized carbons (Fsp3) is 0.294. The van der Waals surface area contributed by atoms with E-state index in [-0.39, 0.29) is 10.8 Å². The molecule has 0 amide bonds. The number of rotatable bonds is 6. The Kier molecular flexibility index (Phi) is 6.22. The molecule has 1 nitrogen and oxygen atoms in total. The minimum Gasteiger partial charge on any atom is -0.319 e. The van der Waals surface area contributed by atoms with E-state index in [1.54, 1.807) is 6.07 Å². The van der Waals surface area contributed by atoms with Gasteiger partial charge >= 0.3 is 0 Å². The van der Waals surface area contributed by atoms with Crippen molar-refractivity contribution in [3.8, 4) is 0 Å². The molecular weight excluding hydrogens is 353 g/mol. The molecule has 0 aliphatic rings. The van der Waals surface area contributed by atoms with Gasteiger partial charge in [-0.15, -0.1) is 0 Å². The van der Waals surface area contributed by atoms with Gasteiger partial charge in [0.15, 0.2) is 0 Å². The zero-order valence-corrected chi connectivity index (χ0v) is 14.2. The zero-order valence-electron chi connectivity index (χ0n) is 11.9. The summed E-state index contributed by atoms with van der Waals surface area (Å²) in [5, 5.41) is 3.39. The number of nitrogens with one attached hydrogen (secondary N) is 1. The van der Waals surface area contributed by atoms with Crippen LogP contribution in [0.3, 0.4) is 0 Å². The van der Waals surface area contributed by atoms with Crippen molar-refractivity contribution in [2.24, 2.45) is 5.92 Å². The highest BCUT2D eigenvalue weighted by Crippen LogP contribution is 2.23. The largest absolute Gasteiger partial charge is 0.319 e. The molecular formula is C17H18BrClFN.